The van der Waals surface area contributed by atoms with Crippen molar-refractivity contribution in [3.8, 4) is 22.8 Å². The number of benzene rings is 2. The number of nitrogens with one attached hydrogen (secondary N) is 1. The van der Waals surface area contributed by atoms with Gasteiger partial charge >= 0.3 is 0 Å². The smallest absolute Gasteiger partial charge is 0.251 e. The number of rotatable bonds is 7. The van der Waals surface area contributed by atoms with Crippen molar-refractivity contribution in [3.63, 3.8) is 0 Å². The lowest BCUT2D eigenvalue weighted by atomic mass is 10.1. The summed E-state index contributed by atoms with van der Waals surface area (Å²) in [5, 5.41) is 2.89. The first-order chi connectivity index (χ1) is 13.5. The lowest BCUT2D eigenvalue weighted by Gasteiger charge is -2.11. The Kier molecular flexibility index (Phi) is 6.34. The molecule has 2 aromatic carbocycles. The molecule has 6 heteroatoms. The average Bonchev–Trinajstić information content (AvgIpc) is 2.70. The highest BCUT2D eigenvalue weighted by atomic mass is 19.1. The van der Waals surface area contributed by atoms with Gasteiger partial charge in [0.2, 0.25) is 0 Å². The summed E-state index contributed by atoms with van der Waals surface area (Å²) >= 11 is 0. The van der Waals surface area contributed by atoms with Gasteiger partial charge in [0.25, 0.3) is 5.91 Å². The standard InChI is InChI=1S/C22H22FN3O2/c1-26(2)14-13-25-22(27)17-11-12-24-21(15-17)16-3-7-19(8-4-16)28-20-9-5-18(23)6-10-20/h3-12,15H,13-14H2,1-2H3,(H,25,27). The van der Waals surface area contributed by atoms with Crippen LogP contribution in [0.4, 0.5) is 4.39 Å². The molecule has 5 nitrogen and oxygen atoms in total. The van der Waals surface area contributed by atoms with Crippen molar-refractivity contribution in [2.45, 2.75) is 0 Å². The van der Waals surface area contributed by atoms with Crippen molar-refractivity contribution in [1.82, 2.24) is 15.2 Å². The summed E-state index contributed by atoms with van der Waals surface area (Å²) in [6, 6.07) is 16.7. The molecule has 0 aliphatic carbocycles. The van der Waals surface area contributed by atoms with Gasteiger partial charge in [-0.25, -0.2) is 4.39 Å². The summed E-state index contributed by atoms with van der Waals surface area (Å²) in [4.78, 5) is 18.6. The van der Waals surface area contributed by atoms with E-state index in [9.17, 15) is 9.18 Å². The number of pyridine rings is 1. The first-order valence-corrected chi connectivity index (χ1v) is 8.94. The highest BCUT2D eigenvalue weighted by Gasteiger charge is 2.08. The van der Waals surface area contributed by atoms with Crippen LogP contribution >= 0.6 is 0 Å². The summed E-state index contributed by atoms with van der Waals surface area (Å²) in [5.41, 5.74) is 2.14. The highest BCUT2D eigenvalue weighted by Crippen LogP contribution is 2.25. The van der Waals surface area contributed by atoms with E-state index in [-0.39, 0.29) is 11.7 Å². The lowest BCUT2D eigenvalue weighted by molar-refractivity contribution is 0.0951. The first kappa shape index (κ1) is 19.5. The van der Waals surface area contributed by atoms with Crippen LogP contribution in [0, 0.1) is 5.82 Å². The molecular formula is C22H22FN3O2. The Morgan fingerprint density at radius 1 is 1.04 bits per heavy atom. The molecule has 0 fully saturated rings. The van der Waals surface area contributed by atoms with E-state index in [1.807, 2.05) is 43.3 Å². The van der Waals surface area contributed by atoms with Crippen LogP contribution < -0.4 is 10.1 Å². The number of nitrogens with zero attached hydrogens (tertiary/aromatic N) is 2. The van der Waals surface area contributed by atoms with Crippen LogP contribution in [0.15, 0.2) is 66.9 Å². The number of ether oxygens (including phenoxy) is 1. The zero-order valence-corrected chi connectivity index (χ0v) is 15.9. The molecule has 0 spiro atoms. The third kappa shape index (κ3) is 5.37. The maximum atomic E-state index is 13.0. The summed E-state index contributed by atoms with van der Waals surface area (Å²) in [7, 11) is 3.92. The molecule has 3 aromatic rings. The molecule has 28 heavy (non-hydrogen) atoms. The quantitative estimate of drug-likeness (QED) is 0.675. The zero-order chi connectivity index (χ0) is 19.9. The molecule has 0 aliphatic rings. The maximum Gasteiger partial charge on any atom is 0.251 e. The topological polar surface area (TPSA) is 54.5 Å². The van der Waals surface area contributed by atoms with Gasteiger partial charge in [-0.3, -0.25) is 9.78 Å². The molecule has 144 valence electrons. The van der Waals surface area contributed by atoms with E-state index in [1.54, 1.807) is 30.5 Å². The number of aromatic nitrogens is 1. The molecule has 1 heterocycles. The SMILES string of the molecule is CN(C)CCNC(=O)c1ccnc(-c2ccc(Oc3ccc(F)cc3)cc2)c1. The number of hydrogen-bond acceptors (Lipinski definition) is 4. The second kappa shape index (κ2) is 9.10. The Bertz CT molecular complexity index is 925. The third-order valence-electron chi connectivity index (χ3n) is 4.07. The molecule has 1 amide bonds. The normalized spacial score (nSPS) is 10.7. The monoisotopic (exact) mass is 379 g/mol. The molecule has 0 radical (unpaired) electrons. The Morgan fingerprint density at radius 2 is 1.68 bits per heavy atom. The molecule has 0 saturated carbocycles. The van der Waals surface area contributed by atoms with E-state index in [0.717, 1.165) is 12.1 Å². The minimum Gasteiger partial charge on any atom is -0.457 e. The van der Waals surface area contributed by atoms with E-state index in [1.165, 1.54) is 12.1 Å². The van der Waals surface area contributed by atoms with E-state index in [2.05, 4.69) is 10.3 Å². The second-order valence-corrected chi connectivity index (χ2v) is 6.57. The van der Waals surface area contributed by atoms with Crippen LogP contribution in [0.25, 0.3) is 11.3 Å². The number of carbonyl (C=O) groups excluding carboxylic acids is 1. The maximum absolute atomic E-state index is 13.0. The van der Waals surface area contributed by atoms with E-state index >= 15 is 0 Å². The summed E-state index contributed by atoms with van der Waals surface area (Å²) in [5.74, 6) is 0.762. The minimum atomic E-state index is -0.306. The van der Waals surface area contributed by atoms with Crippen molar-refractivity contribution in [3.05, 3.63) is 78.2 Å². The van der Waals surface area contributed by atoms with Crippen molar-refractivity contribution in [2.24, 2.45) is 0 Å². The molecule has 0 unspecified atom stereocenters. The van der Waals surface area contributed by atoms with Crippen LogP contribution in [0.3, 0.4) is 0 Å². The molecule has 3 rings (SSSR count). The number of likely N-dealkylation sites (N-methyl/N-ethyl adjacent to an activating group) is 1. The lowest BCUT2D eigenvalue weighted by Crippen LogP contribution is -2.31. The number of carbonyl (C=O) groups is 1. The van der Waals surface area contributed by atoms with Gasteiger partial charge in [-0.05, 0) is 74.8 Å². The fraction of sp³-hybridized carbons (Fsp3) is 0.182. The minimum absolute atomic E-state index is 0.123. The predicted molar refractivity (Wildman–Crippen MR) is 107 cm³/mol. The Balaban J connectivity index is 1.68. The zero-order valence-electron chi connectivity index (χ0n) is 15.9. The van der Waals surface area contributed by atoms with Gasteiger partial charge in [0.15, 0.2) is 0 Å². The van der Waals surface area contributed by atoms with Crippen molar-refractivity contribution in [2.75, 3.05) is 27.2 Å². The Hall–Kier alpha value is -3.25. The van der Waals surface area contributed by atoms with Crippen LogP contribution in [0.1, 0.15) is 10.4 Å². The Labute approximate surface area is 163 Å². The van der Waals surface area contributed by atoms with Crippen molar-refractivity contribution >= 4 is 5.91 Å². The van der Waals surface area contributed by atoms with E-state index in [0.29, 0.717) is 29.3 Å². The van der Waals surface area contributed by atoms with Crippen LogP contribution in [0.5, 0.6) is 11.5 Å². The van der Waals surface area contributed by atoms with Crippen molar-refractivity contribution in [1.29, 1.82) is 0 Å². The first-order valence-electron chi connectivity index (χ1n) is 8.94. The number of hydrogen-bond donors (Lipinski definition) is 1. The number of amides is 1. The van der Waals surface area contributed by atoms with Crippen LogP contribution in [0.2, 0.25) is 0 Å². The van der Waals surface area contributed by atoms with Gasteiger partial charge in [-0.1, -0.05) is 0 Å². The van der Waals surface area contributed by atoms with Crippen LogP contribution in [-0.4, -0.2) is 43.0 Å². The van der Waals surface area contributed by atoms with Gasteiger partial charge in [0, 0.05) is 30.4 Å². The van der Waals surface area contributed by atoms with Crippen LogP contribution in [-0.2, 0) is 0 Å². The number of halogens is 1. The van der Waals surface area contributed by atoms with Gasteiger partial charge in [0.05, 0.1) is 5.69 Å². The fourth-order valence-electron chi connectivity index (χ4n) is 2.56. The second-order valence-electron chi connectivity index (χ2n) is 6.57. The van der Waals surface area contributed by atoms with Crippen molar-refractivity contribution < 1.29 is 13.9 Å². The highest BCUT2D eigenvalue weighted by molar-refractivity contribution is 5.95. The third-order valence-corrected chi connectivity index (χ3v) is 4.07. The van der Waals surface area contributed by atoms with Gasteiger partial charge in [-0.15, -0.1) is 0 Å². The fourth-order valence-corrected chi connectivity index (χ4v) is 2.56. The van der Waals surface area contributed by atoms with Gasteiger partial charge < -0.3 is 15.0 Å². The van der Waals surface area contributed by atoms with Gasteiger partial charge in [-0.2, -0.15) is 0 Å². The largest absolute Gasteiger partial charge is 0.457 e. The Morgan fingerprint density at radius 3 is 2.32 bits per heavy atom. The molecule has 0 atom stereocenters. The summed E-state index contributed by atoms with van der Waals surface area (Å²) in [6.45, 7) is 1.36. The van der Waals surface area contributed by atoms with E-state index < -0.39 is 0 Å². The molecule has 0 aliphatic heterocycles. The molecule has 0 saturated heterocycles. The predicted octanol–water partition coefficient (Wildman–Crippen LogP) is 3.97. The summed E-state index contributed by atoms with van der Waals surface area (Å²) in [6.07, 6.45) is 1.62. The molecule has 1 N–H and O–H groups in total. The average molecular weight is 379 g/mol. The summed E-state index contributed by atoms with van der Waals surface area (Å²) < 4.78 is 18.7. The van der Waals surface area contributed by atoms with E-state index in [4.69, 9.17) is 4.74 Å². The molecule has 0 bridgehead atoms. The van der Waals surface area contributed by atoms with Gasteiger partial charge in [0.1, 0.15) is 17.3 Å². The molecule has 1 aromatic heterocycles. The molecular weight excluding hydrogens is 357 g/mol.